The van der Waals surface area contributed by atoms with Gasteiger partial charge >= 0.3 is 0 Å². The monoisotopic (exact) mass is 506 g/mol. The van der Waals surface area contributed by atoms with E-state index in [-0.39, 0.29) is 11.9 Å². The molecule has 25 heavy (non-hydrogen) atoms. The van der Waals surface area contributed by atoms with Gasteiger partial charge in [-0.1, -0.05) is 46.0 Å². The minimum absolute atomic E-state index is 0.0531. The Bertz CT molecular complexity index is 722. The van der Waals surface area contributed by atoms with Crippen LogP contribution in [-0.2, 0) is 0 Å². The highest BCUT2D eigenvalue weighted by Gasteiger charge is 2.39. The Morgan fingerprint density at radius 1 is 1.24 bits per heavy atom. The third kappa shape index (κ3) is 4.91. The van der Waals surface area contributed by atoms with Crippen LogP contribution >= 0.6 is 57.3 Å². The maximum absolute atomic E-state index is 12.4. The minimum atomic E-state index is 0.0531. The second kappa shape index (κ2) is 9.08. The van der Waals surface area contributed by atoms with Crippen LogP contribution in [0.5, 0.6) is 0 Å². The molecule has 2 N–H and O–H groups in total. The van der Waals surface area contributed by atoms with Gasteiger partial charge in [-0.3, -0.25) is 4.79 Å². The molecule has 0 aliphatic carbocycles. The summed E-state index contributed by atoms with van der Waals surface area (Å²) in [6.45, 7) is 0. The number of rotatable bonds is 4. The van der Waals surface area contributed by atoms with Crippen LogP contribution in [0.15, 0.2) is 45.5 Å². The van der Waals surface area contributed by atoms with E-state index in [0.717, 1.165) is 25.4 Å². The van der Waals surface area contributed by atoms with Crippen LogP contribution in [0, 0.1) is 0 Å². The Balaban J connectivity index is 0.000000880. The first-order chi connectivity index (χ1) is 12.2. The Hall–Kier alpha value is -0.280. The van der Waals surface area contributed by atoms with Crippen molar-refractivity contribution in [3.05, 3.63) is 46.3 Å². The predicted octanol–water partition coefficient (Wildman–Crippen LogP) is 5.23. The lowest BCUT2D eigenvalue weighted by atomic mass is 9.95. The number of fused-ring (bicyclic) bond motifs is 2. The molecule has 7 heteroatoms. The molecule has 2 fully saturated rings. The Labute approximate surface area is 175 Å². The van der Waals surface area contributed by atoms with Gasteiger partial charge < -0.3 is 10.6 Å². The van der Waals surface area contributed by atoms with Gasteiger partial charge in [-0.05, 0) is 60.6 Å². The van der Waals surface area contributed by atoms with E-state index in [2.05, 4.69) is 33.2 Å². The summed E-state index contributed by atoms with van der Waals surface area (Å²) in [6.07, 6.45) is 3.49. The van der Waals surface area contributed by atoms with Gasteiger partial charge in [-0.2, -0.15) is 0 Å². The van der Waals surface area contributed by atoms with Crippen LogP contribution < -0.4 is 10.6 Å². The molecule has 1 aromatic heterocycles. The van der Waals surface area contributed by atoms with Crippen molar-refractivity contribution in [3.63, 3.8) is 0 Å². The Morgan fingerprint density at radius 2 is 2.00 bits per heavy atom. The highest BCUT2D eigenvalue weighted by Crippen LogP contribution is 2.34. The van der Waals surface area contributed by atoms with E-state index in [1.54, 1.807) is 23.1 Å². The molecule has 0 saturated carbocycles. The van der Waals surface area contributed by atoms with E-state index in [1.165, 1.54) is 12.8 Å². The number of carbonyl (C=O) groups excluding carboxylic acids is 1. The molecule has 2 unspecified atom stereocenters. The van der Waals surface area contributed by atoms with Gasteiger partial charge in [0.2, 0.25) is 0 Å². The van der Waals surface area contributed by atoms with Gasteiger partial charge in [0, 0.05) is 28.0 Å². The van der Waals surface area contributed by atoms with Crippen molar-refractivity contribution in [2.75, 3.05) is 4.93 Å². The van der Waals surface area contributed by atoms with Crippen LogP contribution in [0.4, 0.5) is 0 Å². The van der Waals surface area contributed by atoms with Crippen LogP contribution in [0.1, 0.15) is 28.9 Å². The molecule has 2 saturated heterocycles. The number of thiophene rings is 1. The summed E-state index contributed by atoms with van der Waals surface area (Å²) in [5, 5.41) is 7.48. The number of alkyl halides is 1. The molecule has 2 aliphatic rings. The number of nitrogens with one attached hydrogen (secondary N) is 2. The van der Waals surface area contributed by atoms with Crippen molar-refractivity contribution in [3.8, 4) is 0 Å². The maximum atomic E-state index is 12.4. The zero-order valence-electron chi connectivity index (χ0n) is 13.8. The lowest BCUT2D eigenvalue weighted by Crippen LogP contribution is -2.42. The fraction of sp³-hybridized carbons (Fsp3) is 0.389. The van der Waals surface area contributed by atoms with Crippen molar-refractivity contribution in [1.29, 1.82) is 0 Å². The van der Waals surface area contributed by atoms with Crippen molar-refractivity contribution in [2.24, 2.45) is 0 Å². The molecular weight excluding hydrogens is 487 g/mol. The van der Waals surface area contributed by atoms with Gasteiger partial charge in [0.25, 0.3) is 5.91 Å². The first-order valence-electron chi connectivity index (χ1n) is 8.15. The highest BCUT2D eigenvalue weighted by atomic mass is 127. The normalized spacial score (nSPS) is 23.9. The molecule has 3 atom stereocenters. The molecule has 3 nitrogen and oxygen atoms in total. The van der Waals surface area contributed by atoms with Gasteiger partial charge in [-0.15, -0.1) is 11.3 Å². The average molecular weight is 507 g/mol. The van der Waals surface area contributed by atoms with E-state index in [1.807, 2.05) is 41.3 Å². The molecule has 0 radical (unpaired) electrons. The van der Waals surface area contributed by atoms with Crippen molar-refractivity contribution in [1.82, 2.24) is 10.6 Å². The highest BCUT2D eigenvalue weighted by molar-refractivity contribution is 14.1. The van der Waals surface area contributed by atoms with Gasteiger partial charge in [-0.25, -0.2) is 0 Å². The number of benzene rings is 1. The van der Waals surface area contributed by atoms with E-state index in [0.29, 0.717) is 12.1 Å². The molecular formula is C18H20ClIN2OS2. The van der Waals surface area contributed by atoms with Crippen LogP contribution in [-0.4, -0.2) is 29.0 Å². The topological polar surface area (TPSA) is 41.1 Å². The summed E-state index contributed by atoms with van der Waals surface area (Å²) in [5.41, 5.74) is 0. The second-order valence-corrected chi connectivity index (χ2v) is 8.93. The average Bonchev–Trinajstić information content (AvgIpc) is 3.35. The largest absolute Gasteiger partial charge is 0.347 e. The van der Waals surface area contributed by atoms with E-state index >= 15 is 0 Å². The first-order valence-corrected chi connectivity index (χ1v) is 12.3. The van der Waals surface area contributed by atoms with Gasteiger partial charge in [0.05, 0.1) is 9.09 Å². The second-order valence-electron chi connectivity index (χ2n) is 6.04. The molecule has 2 aliphatic heterocycles. The standard InChI is InChI=1S/C17H17ClN2OS2.CH3I/c18-10-1-4-12(5-2-10)22-16-8-7-15(23-16)17(21)20-14-9-11-3-6-13(14)19-11;1-2/h1-2,4-5,7-8,11,13-14,19H,3,6,9H2,(H,20,21);1H3/t11?,13?,14-;/m1./s1. The molecule has 1 aromatic carbocycles. The summed E-state index contributed by atoms with van der Waals surface area (Å²) in [7, 11) is 0. The molecule has 134 valence electrons. The molecule has 2 bridgehead atoms. The number of carbonyl (C=O) groups is 1. The molecule has 3 heterocycles. The minimum Gasteiger partial charge on any atom is -0.347 e. The summed E-state index contributed by atoms with van der Waals surface area (Å²) in [5.74, 6) is 0.0531. The third-order valence-electron chi connectivity index (χ3n) is 4.45. The summed E-state index contributed by atoms with van der Waals surface area (Å²) in [6, 6.07) is 13.0. The number of hydrogen-bond donors (Lipinski definition) is 2. The Morgan fingerprint density at radius 3 is 2.64 bits per heavy atom. The van der Waals surface area contributed by atoms with Crippen molar-refractivity contribution < 1.29 is 4.79 Å². The van der Waals surface area contributed by atoms with Crippen LogP contribution in [0.25, 0.3) is 0 Å². The van der Waals surface area contributed by atoms with Gasteiger partial charge in [0.15, 0.2) is 0 Å². The fourth-order valence-electron chi connectivity index (χ4n) is 3.34. The molecule has 1 amide bonds. The zero-order chi connectivity index (χ0) is 17.8. The summed E-state index contributed by atoms with van der Waals surface area (Å²) < 4.78 is 1.11. The van der Waals surface area contributed by atoms with Gasteiger partial charge in [0.1, 0.15) is 0 Å². The molecule has 0 spiro atoms. The number of halogens is 2. The van der Waals surface area contributed by atoms with E-state index in [4.69, 9.17) is 11.6 Å². The van der Waals surface area contributed by atoms with Crippen LogP contribution in [0.3, 0.4) is 0 Å². The van der Waals surface area contributed by atoms with Crippen molar-refractivity contribution >= 4 is 63.2 Å². The number of amides is 1. The molecule has 4 rings (SSSR count). The lowest BCUT2D eigenvalue weighted by Gasteiger charge is -2.20. The fourth-order valence-corrected chi connectivity index (χ4v) is 5.47. The smallest absolute Gasteiger partial charge is 0.261 e. The lowest BCUT2D eigenvalue weighted by molar-refractivity contribution is 0.0935. The van der Waals surface area contributed by atoms with E-state index in [9.17, 15) is 4.79 Å². The third-order valence-corrected chi connectivity index (χ3v) is 6.93. The SMILES string of the molecule is CI.O=C(N[C@@H]1CC2CCC1N2)c1ccc(Sc2ccc(Cl)cc2)s1. The van der Waals surface area contributed by atoms with Crippen LogP contribution in [0.2, 0.25) is 5.02 Å². The zero-order valence-corrected chi connectivity index (χ0v) is 18.3. The predicted molar refractivity (Wildman–Crippen MR) is 116 cm³/mol. The van der Waals surface area contributed by atoms with Crippen molar-refractivity contribution in [2.45, 2.75) is 46.5 Å². The summed E-state index contributed by atoms with van der Waals surface area (Å²) >= 11 is 11.3. The Kier molecular flexibility index (Phi) is 7.08. The molecule has 2 aromatic rings. The summed E-state index contributed by atoms with van der Waals surface area (Å²) in [4.78, 5) is 16.3. The quantitative estimate of drug-likeness (QED) is 0.441. The maximum Gasteiger partial charge on any atom is 0.261 e. The first kappa shape index (κ1) is 19.5. The van der Waals surface area contributed by atoms with E-state index < -0.39 is 0 Å². The number of hydrogen-bond acceptors (Lipinski definition) is 4.